The first kappa shape index (κ1) is 26.2. The van der Waals surface area contributed by atoms with Crippen LogP contribution in [-0.2, 0) is 13.1 Å². The van der Waals surface area contributed by atoms with Gasteiger partial charge in [-0.2, -0.15) is 0 Å². The maximum atomic E-state index is 2.49. The van der Waals surface area contributed by atoms with Crippen LogP contribution in [-0.4, -0.2) is 22.2 Å². The molecule has 0 saturated carbocycles. The lowest BCUT2D eigenvalue weighted by molar-refractivity contribution is 0.645. The molecule has 5 rings (SSSR count). The van der Waals surface area contributed by atoms with Crippen LogP contribution in [0.4, 0.5) is 5.69 Å². The molecule has 0 amide bonds. The molecule has 0 N–H and O–H groups in total. The minimum absolute atomic E-state index is 0.168. The lowest BCUT2D eigenvalue weighted by Gasteiger charge is -2.23. The van der Waals surface area contributed by atoms with E-state index in [1.165, 1.54) is 69.9 Å². The van der Waals surface area contributed by atoms with E-state index in [0.29, 0.717) is 0 Å². The van der Waals surface area contributed by atoms with Gasteiger partial charge in [0.1, 0.15) is 0 Å². The fourth-order valence-electron chi connectivity index (χ4n) is 6.03. The third kappa shape index (κ3) is 4.99. The summed E-state index contributed by atoms with van der Waals surface area (Å²) in [6.45, 7) is 13.2. The second kappa shape index (κ2) is 11.9. The normalized spacial score (nSPS) is 11.7. The lowest BCUT2D eigenvalue weighted by Crippen LogP contribution is -2.21. The van der Waals surface area contributed by atoms with E-state index in [0.717, 1.165) is 26.2 Å². The van der Waals surface area contributed by atoms with Gasteiger partial charge in [0, 0.05) is 72.0 Å². The van der Waals surface area contributed by atoms with Gasteiger partial charge in [-0.3, -0.25) is 0 Å². The highest BCUT2D eigenvalue weighted by atomic mass is 15.1. The van der Waals surface area contributed by atoms with Crippen LogP contribution in [0, 0.1) is 0 Å². The fourth-order valence-corrected chi connectivity index (χ4v) is 6.03. The average Bonchev–Trinajstić information content (AvgIpc) is 3.51. The molecule has 0 spiro atoms. The zero-order valence-corrected chi connectivity index (χ0v) is 23.7. The lowest BCUT2D eigenvalue weighted by atomic mass is 9.84. The van der Waals surface area contributed by atoms with Gasteiger partial charge in [0.25, 0.3) is 0 Å². The number of nitrogens with zero attached hydrogens (tertiary/aromatic N) is 3. The Bertz CT molecular complexity index is 1380. The number of para-hydroxylation sites is 2. The van der Waals surface area contributed by atoms with Gasteiger partial charge in [-0.15, -0.1) is 0 Å². The molecule has 38 heavy (non-hydrogen) atoms. The van der Waals surface area contributed by atoms with Crippen molar-refractivity contribution in [3.05, 3.63) is 102 Å². The van der Waals surface area contributed by atoms with Crippen molar-refractivity contribution in [1.82, 2.24) is 9.13 Å². The van der Waals surface area contributed by atoms with E-state index in [2.05, 4.69) is 127 Å². The Kier molecular flexibility index (Phi) is 8.22. The minimum atomic E-state index is 0.168. The standard InChI is InChI=1S/C35H43N3/c1-5-9-23-37-25-31(29-15-11-13-17-33(29)37)35(27-19-21-28(22-20-27)36(7-3)8-4)32-26-38(24-10-6-2)34-18-14-12-16-30(32)34/h11-22,25-26,35H,5-10,23-24H2,1-4H3. The van der Waals surface area contributed by atoms with Crippen LogP contribution >= 0.6 is 0 Å². The van der Waals surface area contributed by atoms with Crippen molar-refractivity contribution in [2.75, 3.05) is 18.0 Å². The highest BCUT2D eigenvalue weighted by Gasteiger charge is 2.25. The predicted octanol–water partition coefficient (Wildman–Crippen LogP) is 9.22. The van der Waals surface area contributed by atoms with Gasteiger partial charge in [0.2, 0.25) is 0 Å². The largest absolute Gasteiger partial charge is 0.372 e. The monoisotopic (exact) mass is 505 g/mol. The minimum Gasteiger partial charge on any atom is -0.372 e. The Morgan fingerprint density at radius 3 is 1.53 bits per heavy atom. The van der Waals surface area contributed by atoms with E-state index in [4.69, 9.17) is 0 Å². The number of fused-ring (bicyclic) bond motifs is 2. The Morgan fingerprint density at radius 2 is 1.08 bits per heavy atom. The number of rotatable bonds is 12. The van der Waals surface area contributed by atoms with Gasteiger partial charge in [-0.1, -0.05) is 75.2 Å². The van der Waals surface area contributed by atoms with E-state index >= 15 is 0 Å². The summed E-state index contributed by atoms with van der Waals surface area (Å²) >= 11 is 0. The van der Waals surface area contributed by atoms with E-state index in [1.54, 1.807) is 0 Å². The molecule has 3 nitrogen and oxygen atoms in total. The molecule has 2 aromatic heterocycles. The Hall–Kier alpha value is -3.46. The first-order valence-electron chi connectivity index (χ1n) is 14.7. The van der Waals surface area contributed by atoms with Gasteiger partial charge in [-0.25, -0.2) is 0 Å². The topological polar surface area (TPSA) is 13.1 Å². The molecule has 0 bridgehead atoms. The molecule has 5 aromatic rings. The molecule has 2 heterocycles. The summed E-state index contributed by atoms with van der Waals surface area (Å²) in [7, 11) is 0. The average molecular weight is 506 g/mol. The first-order valence-corrected chi connectivity index (χ1v) is 14.7. The first-order chi connectivity index (χ1) is 18.7. The maximum Gasteiger partial charge on any atom is 0.0483 e. The summed E-state index contributed by atoms with van der Waals surface area (Å²) < 4.78 is 4.98. The second-order valence-electron chi connectivity index (χ2n) is 10.5. The quantitative estimate of drug-likeness (QED) is 0.165. The van der Waals surface area contributed by atoms with Crippen molar-refractivity contribution in [2.45, 2.75) is 72.4 Å². The highest BCUT2D eigenvalue weighted by Crippen LogP contribution is 2.41. The van der Waals surface area contributed by atoms with Crippen LogP contribution in [0.2, 0.25) is 0 Å². The van der Waals surface area contributed by atoms with Gasteiger partial charge >= 0.3 is 0 Å². The second-order valence-corrected chi connectivity index (χ2v) is 10.5. The van der Waals surface area contributed by atoms with Crippen molar-refractivity contribution < 1.29 is 0 Å². The number of anilines is 1. The van der Waals surface area contributed by atoms with Gasteiger partial charge in [0.15, 0.2) is 0 Å². The van der Waals surface area contributed by atoms with Gasteiger partial charge in [0.05, 0.1) is 0 Å². The summed E-state index contributed by atoms with van der Waals surface area (Å²) in [6.07, 6.45) is 9.67. The van der Waals surface area contributed by atoms with Gasteiger partial charge < -0.3 is 14.0 Å². The SMILES string of the molecule is CCCCn1cc(C(c2ccc(N(CC)CC)cc2)c2cn(CCCC)c3ccccc23)c2ccccc21. The van der Waals surface area contributed by atoms with Crippen LogP contribution in [0.1, 0.15) is 76.0 Å². The van der Waals surface area contributed by atoms with E-state index < -0.39 is 0 Å². The molecule has 0 unspecified atom stereocenters. The molecule has 0 saturated heterocycles. The van der Waals surface area contributed by atoms with E-state index in [-0.39, 0.29) is 5.92 Å². The number of hydrogen-bond donors (Lipinski definition) is 0. The number of benzene rings is 3. The molecule has 0 aliphatic carbocycles. The van der Waals surface area contributed by atoms with E-state index in [9.17, 15) is 0 Å². The van der Waals surface area contributed by atoms with Crippen molar-refractivity contribution in [3.8, 4) is 0 Å². The zero-order chi connectivity index (χ0) is 26.5. The molecule has 0 aliphatic rings. The molecular formula is C35H43N3. The van der Waals surface area contributed by atoms with Crippen LogP contribution in [0.3, 0.4) is 0 Å². The van der Waals surface area contributed by atoms with Crippen LogP contribution in [0.25, 0.3) is 21.8 Å². The molecule has 3 aromatic carbocycles. The van der Waals surface area contributed by atoms with Crippen molar-refractivity contribution in [1.29, 1.82) is 0 Å². The summed E-state index contributed by atoms with van der Waals surface area (Å²) in [5.41, 5.74) is 8.16. The number of aromatic nitrogens is 2. The maximum absolute atomic E-state index is 2.49. The van der Waals surface area contributed by atoms with Crippen LogP contribution < -0.4 is 4.90 Å². The van der Waals surface area contributed by atoms with Crippen LogP contribution in [0.5, 0.6) is 0 Å². The molecule has 198 valence electrons. The van der Waals surface area contributed by atoms with E-state index in [1.807, 2.05) is 0 Å². The highest BCUT2D eigenvalue weighted by molar-refractivity contribution is 5.90. The third-order valence-electron chi connectivity index (χ3n) is 8.12. The number of hydrogen-bond acceptors (Lipinski definition) is 1. The zero-order valence-electron chi connectivity index (χ0n) is 23.7. The molecule has 0 radical (unpaired) electrons. The Labute approximate surface area is 228 Å². The summed E-state index contributed by atoms with van der Waals surface area (Å²) in [5, 5.41) is 2.73. The summed E-state index contributed by atoms with van der Waals surface area (Å²) in [4.78, 5) is 2.42. The molecule has 0 aliphatic heterocycles. The Morgan fingerprint density at radius 1 is 0.605 bits per heavy atom. The molecule has 0 atom stereocenters. The summed E-state index contributed by atoms with van der Waals surface area (Å²) in [6, 6.07) is 27.4. The van der Waals surface area contributed by atoms with Gasteiger partial charge in [-0.05, 0) is 67.6 Å². The smallest absolute Gasteiger partial charge is 0.0483 e. The van der Waals surface area contributed by atoms with Crippen molar-refractivity contribution in [2.24, 2.45) is 0 Å². The molecular weight excluding hydrogens is 462 g/mol. The Balaban J connectivity index is 1.73. The van der Waals surface area contributed by atoms with Crippen molar-refractivity contribution in [3.63, 3.8) is 0 Å². The number of aryl methyl sites for hydroxylation is 2. The third-order valence-corrected chi connectivity index (χ3v) is 8.12. The molecule has 3 heteroatoms. The van der Waals surface area contributed by atoms with Crippen LogP contribution in [0.15, 0.2) is 85.2 Å². The van der Waals surface area contributed by atoms with Crippen molar-refractivity contribution >= 4 is 27.5 Å². The predicted molar refractivity (Wildman–Crippen MR) is 165 cm³/mol. The molecule has 0 fully saturated rings. The fraction of sp³-hybridized carbons (Fsp3) is 0.371. The summed E-state index contributed by atoms with van der Waals surface area (Å²) in [5.74, 6) is 0.168. The number of unbranched alkanes of at least 4 members (excludes halogenated alkanes) is 2.